The summed E-state index contributed by atoms with van der Waals surface area (Å²) in [6.45, 7) is 4.90. The lowest BCUT2D eigenvalue weighted by atomic mass is 10.0. The van der Waals surface area contributed by atoms with E-state index in [4.69, 9.17) is 17.2 Å². The monoisotopic (exact) mass is 1770 g/mol. The highest BCUT2D eigenvalue weighted by molar-refractivity contribution is 7.80. The highest BCUT2D eigenvalue weighted by atomic mass is 32.1. The highest BCUT2D eigenvalue weighted by Crippen LogP contribution is 2.24. The molecule has 1 fully saturated rings. The Morgan fingerprint density at radius 3 is 1.31 bits per heavy atom. The third-order valence-electron chi connectivity index (χ3n) is 21.0. The number of para-hydroxylation sites is 1. The van der Waals surface area contributed by atoms with Crippen molar-refractivity contribution in [3.05, 3.63) is 197 Å². The standard InChI is InChI=1S/C88H109N17O21S/c1-47(2)74(86(124)104-75(49(4)106)87(125)100-64(78(116)93-45-73(112)113)39-50-14-7-5-8-15-50)103-85(123)70-20-13-37-105(70)88(126)68(42-51-16-9-6-10-17-51)101-76(114)48(3)94-81(119)67(43-55-44-92-61-19-12-11-18-59(55)61)99-82(120)66(41-54-25-31-58(109)32-26-54)98-80(118)63(34-36-72(91)111)95-79(117)62(33-35-71(90)110)96-84(122)69(46-127)102-83(121)65(40-53-23-29-57(108)30-24-53)97-77(115)60(89)38-52-21-27-56(107)28-22-52/h5-12,14-19,21-32,44,47-49,60,62-70,74-75,92,106-109,127H,13,20,33-43,45-46,89H2,1-4H3,(H2,90,110)(H2,91,111)(H,93,116)(H,94,119)(H,95,117)(H,96,122)(H,97,115)(H,98,118)(H,99,120)(H,100,125)(H,101,114)(H,102,121)(H,103,123)(H,104,124)(H,112,113)/t48-,49+,60-,62-,63-,64-,65-,66-,67-,68-,69-,70-,74-,75-/m0/s1. The number of rotatable bonds is 47. The maximum absolute atomic E-state index is 15.3. The molecule has 38 nitrogen and oxygen atoms in total. The number of carbonyl (C=O) groups is 16. The van der Waals surface area contributed by atoms with Gasteiger partial charge in [-0.3, -0.25) is 76.7 Å². The summed E-state index contributed by atoms with van der Waals surface area (Å²) >= 11 is 4.30. The van der Waals surface area contributed by atoms with Gasteiger partial charge in [-0.05, 0) is 128 Å². The number of phenols is 3. The topological polar surface area (TPSA) is 616 Å². The molecule has 15 amide bonds. The van der Waals surface area contributed by atoms with Gasteiger partial charge in [0, 0.05) is 74.3 Å². The first-order valence-electron chi connectivity index (χ1n) is 41.2. The number of aliphatic hydroxyl groups is 1. The van der Waals surface area contributed by atoms with Crippen molar-refractivity contribution in [1.82, 2.24) is 73.7 Å². The number of amides is 15. The number of benzene rings is 6. The van der Waals surface area contributed by atoms with Crippen LogP contribution in [-0.2, 0) is 115 Å². The van der Waals surface area contributed by atoms with Crippen LogP contribution in [0.4, 0.5) is 0 Å². The van der Waals surface area contributed by atoms with Gasteiger partial charge < -0.3 is 116 Å². The second kappa shape index (κ2) is 47.8. The Labute approximate surface area is 736 Å². The summed E-state index contributed by atoms with van der Waals surface area (Å²) in [5, 5.41) is 81.5. The van der Waals surface area contributed by atoms with Crippen molar-refractivity contribution in [3.8, 4) is 17.2 Å². The predicted molar refractivity (Wildman–Crippen MR) is 465 cm³/mol. The van der Waals surface area contributed by atoms with E-state index in [0.29, 0.717) is 44.3 Å². The number of hydrogen-bond acceptors (Lipinski definition) is 22. The smallest absolute Gasteiger partial charge is 0.322 e. The zero-order valence-electron chi connectivity index (χ0n) is 70.2. The van der Waals surface area contributed by atoms with Gasteiger partial charge in [-0.15, -0.1) is 0 Å². The molecular weight excluding hydrogens is 1660 g/mol. The number of thiol groups is 1. The minimum Gasteiger partial charge on any atom is -0.508 e. The largest absolute Gasteiger partial charge is 0.508 e. The molecule has 127 heavy (non-hydrogen) atoms. The van der Waals surface area contributed by atoms with Crippen molar-refractivity contribution in [2.24, 2.45) is 23.1 Å². The van der Waals surface area contributed by atoms with Crippen LogP contribution in [0.25, 0.3) is 10.9 Å². The van der Waals surface area contributed by atoms with Crippen molar-refractivity contribution in [2.45, 2.75) is 189 Å². The van der Waals surface area contributed by atoms with Gasteiger partial charge in [-0.2, -0.15) is 12.6 Å². The summed E-state index contributed by atoms with van der Waals surface area (Å²) < 4.78 is 0. The minimum absolute atomic E-state index is 0.00892. The normalized spacial score (nSPS) is 15.4. The predicted octanol–water partition coefficient (Wildman–Crippen LogP) is -1.59. The van der Waals surface area contributed by atoms with Crippen LogP contribution in [-0.4, -0.2) is 233 Å². The molecule has 24 N–H and O–H groups in total. The fourth-order valence-corrected chi connectivity index (χ4v) is 14.3. The van der Waals surface area contributed by atoms with Gasteiger partial charge in [0.05, 0.1) is 12.1 Å². The van der Waals surface area contributed by atoms with E-state index >= 15 is 14.4 Å². The van der Waals surface area contributed by atoms with E-state index in [-0.39, 0.29) is 68.7 Å². The average Bonchev–Trinajstić information content (AvgIpc) is 1.79. The second-order valence-electron chi connectivity index (χ2n) is 31.3. The van der Waals surface area contributed by atoms with E-state index in [1.54, 1.807) is 117 Å². The number of aromatic nitrogens is 1. The molecule has 8 rings (SSSR count). The number of nitrogens with two attached hydrogens (primary N) is 3. The number of aliphatic carboxylic acids is 1. The van der Waals surface area contributed by atoms with E-state index in [9.17, 15) is 87.9 Å². The second-order valence-corrected chi connectivity index (χ2v) is 31.7. The fraction of sp³-hybridized carbons (Fsp3) is 0.386. The molecule has 7 aromatic rings. The number of carbonyl (C=O) groups excluding carboxylic acids is 15. The minimum atomic E-state index is -1.80. The van der Waals surface area contributed by atoms with Crippen LogP contribution in [0.15, 0.2) is 164 Å². The number of hydrogen-bond donors (Lipinski definition) is 22. The van der Waals surface area contributed by atoms with Gasteiger partial charge in [0.25, 0.3) is 0 Å². The summed E-state index contributed by atoms with van der Waals surface area (Å²) in [6, 6.07) is 21.0. The number of aliphatic hydroxyl groups excluding tert-OH is 1. The number of nitrogens with one attached hydrogen (secondary N) is 13. The van der Waals surface area contributed by atoms with Crippen LogP contribution in [0.5, 0.6) is 17.2 Å². The summed E-state index contributed by atoms with van der Waals surface area (Å²) in [6.07, 6.45) is -3.07. The number of fused-ring (bicyclic) bond motifs is 1. The number of carboxylic acids is 1. The lowest BCUT2D eigenvalue weighted by Crippen LogP contribution is -2.62. The van der Waals surface area contributed by atoms with Gasteiger partial charge in [0.1, 0.15) is 96.3 Å². The summed E-state index contributed by atoms with van der Waals surface area (Å²) in [5.41, 5.74) is 21.0. The third-order valence-corrected chi connectivity index (χ3v) is 21.4. The number of H-pyrrole nitrogens is 1. The zero-order chi connectivity index (χ0) is 92.7. The van der Waals surface area contributed by atoms with E-state index in [1.165, 1.54) is 79.4 Å². The molecule has 14 atom stereocenters. The average molecular weight is 1770 g/mol. The Morgan fingerprint density at radius 1 is 0.433 bits per heavy atom. The Balaban J connectivity index is 0.996. The van der Waals surface area contributed by atoms with Gasteiger partial charge in [-0.25, -0.2) is 0 Å². The van der Waals surface area contributed by atoms with Crippen molar-refractivity contribution < 1.29 is 102 Å². The molecule has 1 aliphatic heterocycles. The molecule has 2 heterocycles. The Hall–Kier alpha value is -14.0. The molecule has 39 heteroatoms. The molecule has 1 aliphatic rings. The van der Waals surface area contributed by atoms with Crippen LogP contribution >= 0.6 is 12.6 Å². The first-order valence-corrected chi connectivity index (χ1v) is 41.8. The molecule has 0 saturated carbocycles. The molecule has 1 aromatic heterocycles. The van der Waals surface area contributed by atoms with E-state index in [2.05, 4.69) is 81.4 Å². The molecule has 0 aliphatic carbocycles. The molecule has 6 aromatic carbocycles. The lowest BCUT2D eigenvalue weighted by molar-refractivity contribution is -0.143. The number of carboxylic acid groups (broad SMARTS) is 1. The first-order chi connectivity index (χ1) is 60.4. The summed E-state index contributed by atoms with van der Waals surface area (Å²) in [4.78, 5) is 229. The third kappa shape index (κ3) is 30.5. The Bertz CT molecular complexity index is 5030. The van der Waals surface area contributed by atoms with Crippen molar-refractivity contribution in [2.75, 3.05) is 18.8 Å². The lowest BCUT2D eigenvalue weighted by Gasteiger charge is -2.32. The summed E-state index contributed by atoms with van der Waals surface area (Å²) in [5.74, 6) is -17.2. The van der Waals surface area contributed by atoms with Crippen LogP contribution in [0.1, 0.15) is 99.6 Å². The van der Waals surface area contributed by atoms with Crippen LogP contribution in [0.2, 0.25) is 0 Å². The van der Waals surface area contributed by atoms with E-state index in [1.807, 2.05) is 0 Å². The van der Waals surface area contributed by atoms with Crippen molar-refractivity contribution in [3.63, 3.8) is 0 Å². The maximum Gasteiger partial charge on any atom is 0.322 e. The number of likely N-dealkylation sites (tertiary alicyclic amines) is 1. The highest BCUT2D eigenvalue weighted by Gasteiger charge is 2.43. The molecule has 0 radical (unpaired) electrons. The SMILES string of the molecule is CC(C)[C@H](NC(=O)[C@@H]1CCCN1C(=O)[C@H](Cc1ccccc1)NC(=O)[C@H](C)NC(=O)[C@H](Cc1c[nH]c2ccccc12)NC(=O)[C@H](Cc1ccc(O)cc1)NC(=O)[C@H](CCC(N)=O)NC(=O)[C@H](CCC(N)=O)NC(=O)[C@H](CS)NC(=O)[C@H](Cc1ccc(O)cc1)NC(=O)[C@@H](N)Cc1ccc(O)cc1)C(=O)N[C@H](C(=O)N[C@@H](Cc1ccccc1)C(=O)NCC(=O)O)[C@@H](C)O. The molecule has 1 saturated heterocycles. The fourth-order valence-electron chi connectivity index (χ4n) is 14.1. The zero-order valence-corrected chi connectivity index (χ0v) is 71.1. The van der Waals surface area contributed by atoms with Crippen LogP contribution in [0, 0.1) is 5.92 Å². The van der Waals surface area contributed by atoms with Crippen LogP contribution < -0.4 is 81.0 Å². The number of aromatic amines is 1. The Morgan fingerprint density at radius 2 is 0.827 bits per heavy atom. The van der Waals surface area contributed by atoms with Crippen LogP contribution in [0.3, 0.4) is 0 Å². The number of aromatic hydroxyl groups is 3. The van der Waals surface area contributed by atoms with Crippen molar-refractivity contribution >= 4 is 118 Å². The maximum atomic E-state index is 15.3. The van der Waals surface area contributed by atoms with E-state index < -0.39 is 230 Å². The van der Waals surface area contributed by atoms with Gasteiger partial charge in [0.2, 0.25) is 88.6 Å². The Kier molecular flexibility index (Phi) is 37.1. The van der Waals surface area contributed by atoms with Gasteiger partial charge >= 0.3 is 5.97 Å². The molecule has 0 unspecified atom stereocenters. The quantitative estimate of drug-likeness (QED) is 0.0191. The molecular formula is C88H109N17O21S. The molecule has 678 valence electrons. The number of nitrogens with zero attached hydrogens (tertiary/aromatic N) is 1. The summed E-state index contributed by atoms with van der Waals surface area (Å²) in [7, 11) is 0. The van der Waals surface area contributed by atoms with E-state index in [0.717, 1.165) is 0 Å². The molecule has 0 spiro atoms. The number of phenolic OH excluding ortho intramolecular Hbond substituents is 3. The van der Waals surface area contributed by atoms with Gasteiger partial charge in [-0.1, -0.05) is 129 Å². The first kappa shape index (κ1) is 98.5. The van der Waals surface area contributed by atoms with Crippen molar-refractivity contribution in [1.29, 1.82) is 0 Å². The number of primary amides is 2. The van der Waals surface area contributed by atoms with Gasteiger partial charge in [0.15, 0.2) is 0 Å². The molecule has 0 bridgehead atoms.